The number of nitrogens with two attached hydrogens (primary N) is 1. The van der Waals surface area contributed by atoms with Gasteiger partial charge >= 0.3 is 7.82 Å². The molecule has 2 saturated heterocycles. The van der Waals surface area contributed by atoms with Gasteiger partial charge < -0.3 is 85.5 Å². The predicted octanol–water partition coefficient (Wildman–Crippen LogP) is -8.10. The molecule has 224 valence electrons. The van der Waals surface area contributed by atoms with Gasteiger partial charge in [0.15, 0.2) is 12.6 Å². The zero-order valence-corrected chi connectivity index (χ0v) is 20.4. The summed E-state index contributed by atoms with van der Waals surface area (Å²) in [4.78, 5) is 17.7. The normalized spacial score (nSPS) is 50.7. The van der Waals surface area contributed by atoms with E-state index in [2.05, 4.69) is 4.52 Å². The Balaban J connectivity index is 1.72. The summed E-state index contributed by atoms with van der Waals surface area (Å²) in [5.74, 6) is 0. The molecule has 0 aromatic carbocycles. The van der Waals surface area contributed by atoms with Crippen molar-refractivity contribution in [3.63, 3.8) is 0 Å². The molecule has 2 aliphatic heterocycles. The lowest BCUT2D eigenvalue weighted by Crippen LogP contribution is -2.69. The Labute approximate surface area is 214 Å². The second-order valence-corrected chi connectivity index (χ2v) is 10.5. The summed E-state index contributed by atoms with van der Waals surface area (Å²) in [7, 11) is -5.00. The van der Waals surface area contributed by atoms with Crippen LogP contribution in [0.25, 0.3) is 0 Å². The SMILES string of the molecule is N[C@H]1[C@@H](OC2[C@@H](O)[C@H](O)C(O)[C@@H](O)[C@H]2O)O[C@H](CO)[C@@H](O[C@H]2O[C@H](COP(=O)(O)O)[C@@H](O)[C@H](O)[C@@H]2O)[C@@H]1O. The van der Waals surface area contributed by atoms with Crippen LogP contribution in [0, 0.1) is 0 Å². The summed E-state index contributed by atoms with van der Waals surface area (Å²) in [6, 6.07) is -1.56. The fraction of sp³-hybridized carbons (Fsp3) is 1.00. The first-order valence-electron chi connectivity index (χ1n) is 11.4. The zero-order chi connectivity index (χ0) is 28.7. The van der Waals surface area contributed by atoms with E-state index in [9.17, 15) is 55.6 Å². The predicted molar refractivity (Wildman–Crippen MR) is 114 cm³/mol. The minimum absolute atomic E-state index is 0.882. The van der Waals surface area contributed by atoms with Crippen LogP contribution in [0.5, 0.6) is 0 Å². The molecule has 1 aliphatic carbocycles. The Hall–Kier alpha value is -0.490. The molecule has 3 aliphatic rings. The third-order valence-electron chi connectivity index (χ3n) is 6.63. The van der Waals surface area contributed by atoms with Gasteiger partial charge in [0.05, 0.1) is 19.3 Å². The number of aliphatic hydroxyl groups excluding tert-OH is 10. The van der Waals surface area contributed by atoms with Gasteiger partial charge in [-0.2, -0.15) is 0 Å². The highest BCUT2D eigenvalue weighted by atomic mass is 31.2. The van der Waals surface area contributed by atoms with Crippen LogP contribution in [-0.4, -0.2) is 172 Å². The van der Waals surface area contributed by atoms with Crippen molar-refractivity contribution in [3.05, 3.63) is 0 Å². The number of aliphatic hydroxyl groups is 10. The van der Waals surface area contributed by atoms with Crippen LogP contribution in [-0.2, 0) is 28.0 Å². The summed E-state index contributed by atoms with van der Waals surface area (Å²) < 4.78 is 36.8. The maximum absolute atomic E-state index is 11.0. The fourth-order valence-corrected chi connectivity index (χ4v) is 4.72. The van der Waals surface area contributed by atoms with Gasteiger partial charge in [-0.3, -0.25) is 4.52 Å². The van der Waals surface area contributed by atoms with Crippen molar-refractivity contribution in [2.24, 2.45) is 5.73 Å². The minimum atomic E-state index is -5.00. The molecular weight excluding hydrogens is 549 g/mol. The quantitative estimate of drug-likeness (QED) is 0.118. The van der Waals surface area contributed by atoms with Crippen molar-refractivity contribution in [1.82, 2.24) is 0 Å². The van der Waals surface area contributed by atoms with Gasteiger partial charge in [-0.25, -0.2) is 4.57 Å². The number of phosphoric acid groups is 1. The third-order valence-corrected chi connectivity index (χ3v) is 7.12. The Morgan fingerprint density at radius 1 is 0.632 bits per heavy atom. The van der Waals surface area contributed by atoms with Gasteiger partial charge in [0.25, 0.3) is 0 Å². The highest BCUT2D eigenvalue weighted by Gasteiger charge is 2.54. The van der Waals surface area contributed by atoms with E-state index in [1.54, 1.807) is 0 Å². The van der Waals surface area contributed by atoms with Gasteiger partial charge in [-0.1, -0.05) is 0 Å². The van der Waals surface area contributed by atoms with Gasteiger partial charge in [0.2, 0.25) is 0 Å². The van der Waals surface area contributed by atoms with Crippen molar-refractivity contribution in [3.8, 4) is 0 Å². The third kappa shape index (κ3) is 6.69. The molecule has 0 aromatic rings. The summed E-state index contributed by atoms with van der Waals surface area (Å²) in [5.41, 5.74) is 5.95. The molecule has 0 radical (unpaired) electrons. The molecular formula is C18H34NO18P. The highest BCUT2D eigenvalue weighted by Crippen LogP contribution is 2.37. The molecule has 14 N–H and O–H groups in total. The summed E-state index contributed by atoms with van der Waals surface area (Å²) in [6.07, 6.45) is -27.3. The van der Waals surface area contributed by atoms with Crippen molar-refractivity contribution in [1.29, 1.82) is 0 Å². The molecule has 16 atom stereocenters. The molecule has 1 saturated carbocycles. The first-order valence-corrected chi connectivity index (χ1v) is 12.9. The van der Waals surface area contributed by atoms with E-state index in [0.717, 1.165) is 0 Å². The van der Waals surface area contributed by atoms with Crippen LogP contribution in [0.3, 0.4) is 0 Å². The average Bonchev–Trinajstić information content (AvgIpc) is 2.86. The molecule has 0 bridgehead atoms. The lowest BCUT2D eigenvalue weighted by Gasteiger charge is -2.48. The molecule has 2 heterocycles. The molecule has 0 aromatic heterocycles. The van der Waals surface area contributed by atoms with Crippen molar-refractivity contribution in [2.45, 2.75) is 98.0 Å². The summed E-state index contributed by atoms with van der Waals surface area (Å²) >= 11 is 0. The standard InChI is InChI=1S/C18H34NO18P/c19-5-7(22)15(36-18-14(29)8(23)6(21)4(35-18)2-33-38(30,31)32)3(1-20)34-17(5)37-16-12(27)10(25)9(24)11(26)13(16)28/h3-18,20-29H,1-2,19H2,(H2,30,31,32)/t3-,4-,5-,6-,7-,8+,9?,10-,11-,12-,13+,14+,15-,16?,17-,18-/m1/s1. The molecule has 0 amide bonds. The number of phosphoric ester groups is 1. The number of ether oxygens (including phenoxy) is 4. The Kier molecular flexibility index (Phi) is 10.6. The molecule has 19 nitrogen and oxygen atoms in total. The lowest BCUT2D eigenvalue weighted by molar-refractivity contribution is -0.357. The Morgan fingerprint density at radius 3 is 1.63 bits per heavy atom. The zero-order valence-electron chi connectivity index (χ0n) is 19.5. The largest absolute Gasteiger partial charge is 0.469 e. The molecule has 20 heteroatoms. The lowest BCUT2D eigenvalue weighted by atomic mass is 9.84. The fourth-order valence-electron chi connectivity index (χ4n) is 4.38. The highest BCUT2D eigenvalue weighted by molar-refractivity contribution is 7.46. The van der Waals surface area contributed by atoms with Crippen LogP contribution in [0.2, 0.25) is 0 Å². The second-order valence-electron chi connectivity index (χ2n) is 9.25. The van der Waals surface area contributed by atoms with E-state index in [0.29, 0.717) is 0 Å². The number of rotatable bonds is 8. The smallest absolute Gasteiger partial charge is 0.394 e. The van der Waals surface area contributed by atoms with Gasteiger partial charge in [0, 0.05) is 0 Å². The van der Waals surface area contributed by atoms with E-state index in [4.69, 9.17) is 34.5 Å². The molecule has 3 rings (SSSR count). The monoisotopic (exact) mass is 583 g/mol. The van der Waals surface area contributed by atoms with E-state index in [1.807, 2.05) is 0 Å². The van der Waals surface area contributed by atoms with Crippen molar-refractivity contribution >= 4 is 7.82 Å². The van der Waals surface area contributed by atoms with E-state index in [-0.39, 0.29) is 0 Å². The minimum Gasteiger partial charge on any atom is -0.394 e. The average molecular weight is 583 g/mol. The van der Waals surface area contributed by atoms with Crippen LogP contribution >= 0.6 is 7.82 Å². The van der Waals surface area contributed by atoms with Crippen LogP contribution < -0.4 is 5.73 Å². The van der Waals surface area contributed by atoms with Gasteiger partial charge in [0.1, 0.15) is 79.4 Å². The van der Waals surface area contributed by atoms with E-state index < -0.39 is 119 Å². The molecule has 0 spiro atoms. The van der Waals surface area contributed by atoms with Crippen LogP contribution in [0.1, 0.15) is 0 Å². The summed E-state index contributed by atoms with van der Waals surface area (Å²) in [6.45, 7) is -1.82. The van der Waals surface area contributed by atoms with Gasteiger partial charge in [-0.05, 0) is 0 Å². The van der Waals surface area contributed by atoms with Crippen LogP contribution in [0.4, 0.5) is 0 Å². The first kappa shape index (κ1) is 32.0. The number of hydrogen-bond donors (Lipinski definition) is 13. The van der Waals surface area contributed by atoms with E-state index >= 15 is 0 Å². The maximum Gasteiger partial charge on any atom is 0.469 e. The molecule has 3 fully saturated rings. The Bertz CT molecular complexity index is 802. The molecule has 2 unspecified atom stereocenters. The topological polar surface area (TPSA) is 332 Å². The maximum atomic E-state index is 11.0. The number of hydrogen-bond acceptors (Lipinski definition) is 17. The molecule has 38 heavy (non-hydrogen) atoms. The second kappa shape index (κ2) is 12.6. The van der Waals surface area contributed by atoms with Gasteiger partial charge in [-0.15, -0.1) is 0 Å². The van der Waals surface area contributed by atoms with E-state index in [1.165, 1.54) is 0 Å². The van der Waals surface area contributed by atoms with Crippen LogP contribution in [0.15, 0.2) is 0 Å². The summed E-state index contributed by atoms with van der Waals surface area (Å²) in [5, 5.41) is 101. The first-order chi connectivity index (χ1) is 17.6. The van der Waals surface area contributed by atoms with Crippen molar-refractivity contribution < 1.29 is 88.9 Å². The Morgan fingerprint density at radius 2 is 1.11 bits per heavy atom. The van der Waals surface area contributed by atoms with Crippen molar-refractivity contribution in [2.75, 3.05) is 13.2 Å².